The molecule has 216 valence electrons. The Labute approximate surface area is 234 Å². The van der Waals surface area contributed by atoms with E-state index in [1.54, 1.807) is 63.5 Å². The molecule has 41 heavy (non-hydrogen) atoms. The van der Waals surface area contributed by atoms with Gasteiger partial charge in [-0.25, -0.2) is 24.1 Å². The molecular formula is C29H30F3N5O4. The van der Waals surface area contributed by atoms with Gasteiger partial charge in [-0.2, -0.15) is 8.78 Å². The first-order chi connectivity index (χ1) is 19.2. The van der Waals surface area contributed by atoms with Crippen molar-refractivity contribution >= 4 is 17.1 Å². The zero-order chi connectivity index (χ0) is 29.7. The molecule has 1 amide bonds. The lowest BCUT2D eigenvalue weighted by atomic mass is 10.0. The Bertz CT molecular complexity index is 1590. The molecule has 1 aliphatic heterocycles. The number of aromatic nitrogens is 4. The van der Waals surface area contributed by atoms with E-state index < -0.39 is 35.8 Å². The number of fused-ring (bicyclic) bond motifs is 3. The van der Waals surface area contributed by atoms with Gasteiger partial charge in [-0.1, -0.05) is 18.2 Å². The molecule has 0 fully saturated rings. The Hall–Kier alpha value is -4.19. The minimum atomic E-state index is -3.06. The van der Waals surface area contributed by atoms with E-state index in [4.69, 9.17) is 9.47 Å². The van der Waals surface area contributed by atoms with Crippen molar-refractivity contribution < 1.29 is 32.5 Å². The van der Waals surface area contributed by atoms with Gasteiger partial charge >= 0.3 is 12.7 Å². The molecule has 1 N–H and O–H groups in total. The maximum atomic E-state index is 15.4. The summed E-state index contributed by atoms with van der Waals surface area (Å²) in [4.78, 5) is 27.5. The molecule has 0 spiro atoms. The normalized spacial score (nSPS) is 15.8. The molecule has 1 atom stereocenters. The Balaban J connectivity index is 1.66. The van der Waals surface area contributed by atoms with Gasteiger partial charge in [0.1, 0.15) is 28.6 Å². The van der Waals surface area contributed by atoms with Crippen LogP contribution in [0.4, 0.5) is 18.0 Å². The molecule has 0 saturated heterocycles. The van der Waals surface area contributed by atoms with Gasteiger partial charge in [-0.3, -0.25) is 4.90 Å². The summed E-state index contributed by atoms with van der Waals surface area (Å²) in [6.07, 6.45) is 2.25. The number of halogens is 3. The summed E-state index contributed by atoms with van der Waals surface area (Å²) < 4.78 is 54.3. The zero-order valence-electron chi connectivity index (χ0n) is 23.2. The predicted octanol–water partition coefficient (Wildman–Crippen LogP) is 5.80. The SMILES string of the molecule is CC(C)(C)OC(=O)N1Cc2nc3cc(F)c(-c4cnc(C(C)(C)O)nc4)cc3n2C(c2ccccc2OC(F)F)C1. The predicted molar refractivity (Wildman–Crippen MR) is 144 cm³/mol. The quantitative estimate of drug-likeness (QED) is 0.324. The molecule has 1 unspecified atom stereocenters. The highest BCUT2D eigenvalue weighted by molar-refractivity contribution is 5.83. The largest absolute Gasteiger partial charge is 0.444 e. The van der Waals surface area contributed by atoms with Crippen molar-refractivity contribution in [2.24, 2.45) is 0 Å². The average Bonchev–Trinajstić information content (AvgIpc) is 3.23. The molecule has 4 aromatic rings. The third-order valence-corrected chi connectivity index (χ3v) is 6.54. The number of rotatable bonds is 5. The summed E-state index contributed by atoms with van der Waals surface area (Å²) in [6.45, 7) is 5.38. The van der Waals surface area contributed by atoms with Crippen molar-refractivity contribution in [3.8, 4) is 16.9 Å². The number of ether oxygens (including phenoxy) is 2. The third kappa shape index (κ3) is 5.83. The number of carbonyl (C=O) groups is 1. The minimum absolute atomic E-state index is 0.0516. The van der Waals surface area contributed by atoms with E-state index >= 15 is 4.39 Å². The summed E-state index contributed by atoms with van der Waals surface area (Å²) in [7, 11) is 0. The van der Waals surface area contributed by atoms with Crippen LogP contribution in [0.1, 0.15) is 57.9 Å². The lowest BCUT2D eigenvalue weighted by Crippen LogP contribution is -2.44. The van der Waals surface area contributed by atoms with Gasteiger partial charge < -0.3 is 19.1 Å². The Morgan fingerprint density at radius 3 is 2.41 bits per heavy atom. The van der Waals surface area contributed by atoms with Crippen LogP contribution in [0.2, 0.25) is 0 Å². The van der Waals surface area contributed by atoms with Crippen LogP contribution in [-0.2, 0) is 16.9 Å². The van der Waals surface area contributed by atoms with Crippen LogP contribution in [0.5, 0.6) is 5.75 Å². The first kappa shape index (κ1) is 28.3. The lowest BCUT2D eigenvalue weighted by molar-refractivity contribution is -0.0509. The van der Waals surface area contributed by atoms with Gasteiger partial charge in [0.05, 0.1) is 23.6 Å². The Kier molecular flexibility index (Phi) is 7.14. The van der Waals surface area contributed by atoms with E-state index in [0.717, 1.165) is 0 Å². The highest BCUT2D eigenvalue weighted by Gasteiger charge is 2.35. The monoisotopic (exact) mass is 569 g/mol. The number of para-hydroxylation sites is 1. The van der Waals surface area contributed by atoms with Crippen LogP contribution in [0.15, 0.2) is 48.8 Å². The van der Waals surface area contributed by atoms with Gasteiger partial charge in [0.25, 0.3) is 0 Å². The van der Waals surface area contributed by atoms with E-state index in [1.165, 1.54) is 29.4 Å². The molecule has 1 aliphatic rings. The molecule has 0 radical (unpaired) electrons. The number of benzene rings is 2. The maximum Gasteiger partial charge on any atom is 0.410 e. The fraction of sp³-hybridized carbons (Fsp3) is 0.379. The smallest absolute Gasteiger partial charge is 0.410 e. The standard InChI is InChI=1S/C29H30F3N5O4/c1-28(2,3)41-27(38)36-14-22(17-8-6-7-9-23(17)40-26(31)32)37-21-10-18(19(30)11-20(21)35-24(37)15-36)16-12-33-25(34-13-16)29(4,5)39/h6-13,22,26,39H,14-15H2,1-5H3. The van der Waals surface area contributed by atoms with Crippen molar-refractivity contribution in [3.05, 3.63) is 71.8 Å². The Morgan fingerprint density at radius 1 is 1.10 bits per heavy atom. The minimum Gasteiger partial charge on any atom is -0.444 e. The molecule has 0 bridgehead atoms. The molecular weight excluding hydrogens is 539 g/mol. The molecule has 3 heterocycles. The number of hydrogen-bond donors (Lipinski definition) is 1. The molecule has 0 saturated carbocycles. The van der Waals surface area contributed by atoms with Crippen LogP contribution in [0.3, 0.4) is 0 Å². The lowest BCUT2D eigenvalue weighted by Gasteiger charge is -2.36. The number of carbonyl (C=O) groups excluding carboxylic acids is 1. The van der Waals surface area contributed by atoms with Gasteiger partial charge in [0.15, 0.2) is 5.82 Å². The van der Waals surface area contributed by atoms with E-state index in [2.05, 4.69) is 15.0 Å². The van der Waals surface area contributed by atoms with Crippen molar-refractivity contribution in [1.29, 1.82) is 0 Å². The summed E-state index contributed by atoms with van der Waals surface area (Å²) in [5, 5.41) is 10.2. The maximum absolute atomic E-state index is 15.4. The number of alkyl halides is 2. The first-order valence-corrected chi connectivity index (χ1v) is 13.0. The third-order valence-electron chi connectivity index (χ3n) is 6.54. The summed E-state index contributed by atoms with van der Waals surface area (Å²) >= 11 is 0. The number of aliphatic hydroxyl groups is 1. The molecule has 2 aromatic heterocycles. The fourth-order valence-corrected chi connectivity index (χ4v) is 4.82. The van der Waals surface area contributed by atoms with Gasteiger partial charge in [-0.05, 0) is 46.8 Å². The van der Waals surface area contributed by atoms with Gasteiger partial charge in [-0.15, -0.1) is 0 Å². The second-order valence-electron chi connectivity index (χ2n) is 11.4. The van der Waals surface area contributed by atoms with Crippen LogP contribution >= 0.6 is 0 Å². The second-order valence-corrected chi connectivity index (χ2v) is 11.4. The second kappa shape index (κ2) is 10.3. The van der Waals surface area contributed by atoms with Crippen molar-refractivity contribution in [2.75, 3.05) is 6.54 Å². The van der Waals surface area contributed by atoms with Gasteiger partial charge in [0, 0.05) is 41.7 Å². The van der Waals surface area contributed by atoms with E-state index in [9.17, 15) is 18.7 Å². The number of amides is 1. The number of nitrogens with zero attached hydrogens (tertiary/aromatic N) is 5. The van der Waals surface area contributed by atoms with E-state index in [-0.39, 0.29) is 30.2 Å². The molecule has 9 nitrogen and oxygen atoms in total. The van der Waals surface area contributed by atoms with E-state index in [1.807, 2.05) is 0 Å². The van der Waals surface area contributed by atoms with Crippen LogP contribution in [0.25, 0.3) is 22.2 Å². The summed E-state index contributed by atoms with van der Waals surface area (Å²) in [5.74, 6) is -0.0274. The van der Waals surface area contributed by atoms with Crippen LogP contribution in [0, 0.1) is 5.82 Å². The van der Waals surface area contributed by atoms with Gasteiger partial charge in [0.2, 0.25) is 0 Å². The fourth-order valence-electron chi connectivity index (χ4n) is 4.82. The number of imidazole rings is 1. The summed E-state index contributed by atoms with van der Waals surface area (Å²) in [6, 6.07) is 8.49. The molecule has 2 aromatic carbocycles. The first-order valence-electron chi connectivity index (χ1n) is 13.0. The molecule has 5 rings (SSSR count). The zero-order valence-corrected chi connectivity index (χ0v) is 23.2. The number of hydrogen-bond acceptors (Lipinski definition) is 7. The van der Waals surface area contributed by atoms with E-state index in [0.29, 0.717) is 28.0 Å². The average molecular weight is 570 g/mol. The van der Waals surface area contributed by atoms with Crippen LogP contribution in [-0.4, -0.2) is 54.4 Å². The van der Waals surface area contributed by atoms with Crippen molar-refractivity contribution in [3.63, 3.8) is 0 Å². The molecule has 12 heteroatoms. The van der Waals surface area contributed by atoms with Crippen molar-refractivity contribution in [1.82, 2.24) is 24.4 Å². The topological polar surface area (TPSA) is 103 Å². The van der Waals surface area contributed by atoms with Crippen LogP contribution < -0.4 is 4.74 Å². The van der Waals surface area contributed by atoms with Crippen molar-refractivity contribution in [2.45, 2.75) is 65.0 Å². The Morgan fingerprint density at radius 2 is 1.78 bits per heavy atom. The highest BCUT2D eigenvalue weighted by Crippen LogP contribution is 2.38. The highest BCUT2D eigenvalue weighted by atomic mass is 19.3. The molecule has 0 aliphatic carbocycles. The summed E-state index contributed by atoms with van der Waals surface area (Å²) in [5.41, 5.74) is -0.244.